The number of hydrogen-bond acceptors (Lipinski definition) is 3. The van der Waals surface area contributed by atoms with Gasteiger partial charge in [0.1, 0.15) is 6.17 Å². The molecule has 1 unspecified atom stereocenters. The van der Waals surface area contributed by atoms with Gasteiger partial charge in [-0.15, -0.1) is 0 Å². The number of nitrogens with one attached hydrogen (secondary N) is 3. The average molecular weight is 346 g/mol. The Labute approximate surface area is 153 Å². The van der Waals surface area contributed by atoms with Gasteiger partial charge in [0, 0.05) is 18.4 Å². The molecule has 4 rings (SSSR count). The highest BCUT2D eigenvalue weighted by Crippen LogP contribution is 2.23. The molecule has 3 aromatic rings. The lowest BCUT2D eigenvalue weighted by molar-refractivity contribution is 0.248. The van der Waals surface area contributed by atoms with Crippen molar-refractivity contribution in [3.05, 3.63) is 72.3 Å². The molecule has 0 spiro atoms. The van der Waals surface area contributed by atoms with Crippen LogP contribution in [0.15, 0.2) is 66.7 Å². The van der Waals surface area contributed by atoms with E-state index in [-0.39, 0.29) is 12.2 Å². The summed E-state index contributed by atoms with van der Waals surface area (Å²) in [5.41, 5.74) is 6.40. The Morgan fingerprint density at radius 2 is 1.81 bits per heavy atom. The second-order valence-electron chi connectivity index (χ2n) is 6.54. The average Bonchev–Trinajstić information content (AvgIpc) is 3.10. The van der Waals surface area contributed by atoms with Crippen molar-refractivity contribution in [2.45, 2.75) is 19.5 Å². The molecule has 1 aliphatic heterocycles. The molecule has 2 amide bonds. The molecule has 26 heavy (non-hydrogen) atoms. The second kappa shape index (κ2) is 7.06. The predicted molar refractivity (Wildman–Crippen MR) is 106 cm³/mol. The van der Waals surface area contributed by atoms with E-state index in [0.717, 1.165) is 35.1 Å². The Balaban J connectivity index is 1.48. The summed E-state index contributed by atoms with van der Waals surface area (Å²) in [5, 5.41) is 10.2. The number of carbonyl (C=O) groups excluding carboxylic acids is 1. The van der Waals surface area contributed by atoms with Crippen LogP contribution in [0.2, 0.25) is 0 Å². The Morgan fingerprint density at radius 1 is 1.04 bits per heavy atom. The highest BCUT2D eigenvalue weighted by atomic mass is 16.2. The summed E-state index contributed by atoms with van der Waals surface area (Å²) in [4.78, 5) is 12.6. The molecule has 0 aliphatic carbocycles. The first kappa shape index (κ1) is 16.4. The summed E-state index contributed by atoms with van der Waals surface area (Å²) in [7, 11) is 0. The zero-order valence-corrected chi connectivity index (χ0v) is 14.7. The van der Waals surface area contributed by atoms with Gasteiger partial charge in [-0.05, 0) is 30.5 Å². The van der Waals surface area contributed by atoms with Crippen molar-refractivity contribution in [3.8, 4) is 0 Å². The van der Waals surface area contributed by atoms with Gasteiger partial charge in [-0.3, -0.25) is 5.01 Å². The topological polar surface area (TPSA) is 56.4 Å². The van der Waals surface area contributed by atoms with Crippen LogP contribution in [0.1, 0.15) is 12.0 Å². The molecule has 1 heterocycles. The van der Waals surface area contributed by atoms with E-state index in [1.165, 1.54) is 5.56 Å². The highest BCUT2D eigenvalue weighted by molar-refractivity contribution is 6.01. The SMILES string of the molecule is Cc1ccc(N2NCCC2NC(=O)Nc2cccc3ccccc23)cc1. The summed E-state index contributed by atoms with van der Waals surface area (Å²) in [6, 6.07) is 22.0. The van der Waals surface area contributed by atoms with Crippen LogP contribution < -0.4 is 21.1 Å². The molecule has 1 saturated heterocycles. The lowest BCUT2D eigenvalue weighted by Crippen LogP contribution is -2.49. The van der Waals surface area contributed by atoms with E-state index in [1.807, 2.05) is 47.5 Å². The molecular weight excluding hydrogens is 324 g/mol. The van der Waals surface area contributed by atoms with E-state index in [1.54, 1.807) is 0 Å². The van der Waals surface area contributed by atoms with Gasteiger partial charge in [-0.25, -0.2) is 10.2 Å². The van der Waals surface area contributed by atoms with Gasteiger partial charge in [0.25, 0.3) is 0 Å². The minimum absolute atomic E-state index is 0.0901. The standard InChI is InChI=1S/C21H22N4O/c1-15-9-11-17(12-10-15)25-20(13-14-22-25)24-21(26)23-19-8-4-6-16-5-2-3-7-18(16)19/h2-12,20,22H,13-14H2,1H3,(H2,23,24,26). The van der Waals surface area contributed by atoms with Crippen LogP contribution in [0.4, 0.5) is 16.2 Å². The first-order valence-corrected chi connectivity index (χ1v) is 8.85. The fraction of sp³-hybridized carbons (Fsp3) is 0.190. The predicted octanol–water partition coefficient (Wildman–Crippen LogP) is 4.01. The van der Waals surface area contributed by atoms with Gasteiger partial charge in [0.15, 0.2) is 0 Å². The molecule has 3 N–H and O–H groups in total. The molecule has 1 fully saturated rings. The Hall–Kier alpha value is -3.05. The van der Waals surface area contributed by atoms with E-state index in [0.29, 0.717) is 0 Å². The van der Waals surface area contributed by atoms with Crippen molar-refractivity contribution in [3.63, 3.8) is 0 Å². The first-order chi connectivity index (χ1) is 12.7. The molecule has 5 heteroatoms. The largest absolute Gasteiger partial charge is 0.320 e. The van der Waals surface area contributed by atoms with Crippen LogP contribution in [0.25, 0.3) is 10.8 Å². The number of nitrogens with zero attached hydrogens (tertiary/aromatic N) is 1. The third-order valence-corrected chi connectivity index (χ3v) is 4.66. The number of fused-ring (bicyclic) bond motifs is 1. The Morgan fingerprint density at radius 3 is 2.65 bits per heavy atom. The summed E-state index contributed by atoms with van der Waals surface area (Å²) >= 11 is 0. The maximum absolute atomic E-state index is 12.6. The monoisotopic (exact) mass is 346 g/mol. The van der Waals surface area contributed by atoms with Crippen molar-refractivity contribution in [1.82, 2.24) is 10.7 Å². The summed E-state index contributed by atoms with van der Waals surface area (Å²) in [5.74, 6) is 0. The Bertz CT molecular complexity index is 917. The van der Waals surface area contributed by atoms with E-state index in [9.17, 15) is 4.79 Å². The van der Waals surface area contributed by atoms with Crippen molar-refractivity contribution < 1.29 is 4.79 Å². The number of rotatable bonds is 3. The van der Waals surface area contributed by atoms with Crippen LogP contribution >= 0.6 is 0 Å². The molecule has 0 radical (unpaired) electrons. The fourth-order valence-electron chi connectivity index (χ4n) is 3.32. The number of hydrazine groups is 1. The number of anilines is 2. The molecule has 1 aliphatic rings. The van der Waals surface area contributed by atoms with Gasteiger partial charge in [0.05, 0.1) is 11.4 Å². The first-order valence-electron chi connectivity index (χ1n) is 8.85. The molecule has 0 aromatic heterocycles. The van der Waals surface area contributed by atoms with Gasteiger partial charge < -0.3 is 10.6 Å². The molecule has 1 atom stereocenters. The maximum Gasteiger partial charge on any atom is 0.320 e. The van der Waals surface area contributed by atoms with Crippen LogP contribution in [0, 0.1) is 6.92 Å². The maximum atomic E-state index is 12.6. The van der Waals surface area contributed by atoms with E-state index < -0.39 is 0 Å². The third-order valence-electron chi connectivity index (χ3n) is 4.66. The van der Waals surface area contributed by atoms with Crippen molar-refractivity contribution in [1.29, 1.82) is 0 Å². The number of amides is 2. The highest BCUT2D eigenvalue weighted by Gasteiger charge is 2.26. The minimum atomic E-state index is -0.202. The molecular formula is C21H22N4O. The molecule has 132 valence electrons. The third kappa shape index (κ3) is 3.34. The van der Waals surface area contributed by atoms with Crippen molar-refractivity contribution >= 4 is 28.2 Å². The molecule has 0 saturated carbocycles. The van der Waals surface area contributed by atoms with Crippen molar-refractivity contribution in [2.24, 2.45) is 0 Å². The van der Waals surface area contributed by atoms with Crippen LogP contribution in [-0.2, 0) is 0 Å². The van der Waals surface area contributed by atoms with Gasteiger partial charge in [-0.2, -0.15) is 0 Å². The number of carbonyl (C=O) groups is 1. The lowest BCUT2D eigenvalue weighted by Gasteiger charge is -2.27. The fourth-order valence-corrected chi connectivity index (χ4v) is 3.32. The van der Waals surface area contributed by atoms with Crippen LogP contribution in [-0.4, -0.2) is 18.7 Å². The van der Waals surface area contributed by atoms with Crippen molar-refractivity contribution in [2.75, 3.05) is 16.9 Å². The quantitative estimate of drug-likeness (QED) is 0.672. The van der Waals surface area contributed by atoms with Crippen LogP contribution in [0.3, 0.4) is 0 Å². The van der Waals surface area contributed by atoms with E-state index >= 15 is 0 Å². The number of benzene rings is 3. The zero-order chi connectivity index (χ0) is 17.9. The lowest BCUT2D eigenvalue weighted by atomic mass is 10.1. The Kier molecular flexibility index (Phi) is 4.46. The van der Waals surface area contributed by atoms with E-state index in [4.69, 9.17) is 0 Å². The minimum Gasteiger partial charge on any atom is -0.316 e. The molecule has 0 bridgehead atoms. The molecule has 5 nitrogen and oxygen atoms in total. The number of urea groups is 1. The number of hydrogen-bond donors (Lipinski definition) is 3. The second-order valence-corrected chi connectivity index (χ2v) is 6.54. The summed E-state index contributed by atoms with van der Waals surface area (Å²) < 4.78 is 0. The van der Waals surface area contributed by atoms with Crippen LogP contribution in [0.5, 0.6) is 0 Å². The molecule has 3 aromatic carbocycles. The van der Waals surface area contributed by atoms with Gasteiger partial charge >= 0.3 is 6.03 Å². The number of aryl methyl sites for hydroxylation is 1. The normalized spacial score (nSPS) is 16.7. The van der Waals surface area contributed by atoms with E-state index in [2.05, 4.69) is 47.2 Å². The zero-order valence-electron chi connectivity index (χ0n) is 14.7. The summed E-state index contributed by atoms with van der Waals surface area (Å²) in [6.07, 6.45) is 0.754. The van der Waals surface area contributed by atoms with Gasteiger partial charge in [0.2, 0.25) is 0 Å². The summed E-state index contributed by atoms with van der Waals surface area (Å²) in [6.45, 7) is 2.89. The smallest absolute Gasteiger partial charge is 0.316 e. The van der Waals surface area contributed by atoms with Gasteiger partial charge in [-0.1, -0.05) is 54.1 Å².